The van der Waals surface area contributed by atoms with Gasteiger partial charge in [0.1, 0.15) is 0 Å². The van der Waals surface area contributed by atoms with E-state index in [0.29, 0.717) is 13.0 Å². The minimum atomic E-state index is -1.23. The number of unbranched alkanes of at least 4 members (excludes halogenated alkanes) is 15. The van der Waals surface area contributed by atoms with Gasteiger partial charge in [-0.3, -0.25) is 4.79 Å². The number of hydrogen-bond donors (Lipinski definition) is 2. The van der Waals surface area contributed by atoms with Crippen LogP contribution in [0.4, 0.5) is 0 Å². The van der Waals surface area contributed by atoms with Crippen LogP contribution < -0.4 is 0 Å². The van der Waals surface area contributed by atoms with Crippen molar-refractivity contribution in [2.24, 2.45) is 0 Å². The van der Waals surface area contributed by atoms with Gasteiger partial charge in [-0.2, -0.15) is 0 Å². The molecular formula is C30H50O6. The maximum atomic E-state index is 11.6. The summed E-state index contributed by atoms with van der Waals surface area (Å²) in [4.78, 5) is 32.6. The van der Waals surface area contributed by atoms with E-state index in [9.17, 15) is 14.4 Å². The first kappa shape index (κ1) is 33.6. The highest BCUT2D eigenvalue weighted by Crippen LogP contribution is 2.12. The van der Waals surface area contributed by atoms with E-state index in [1.165, 1.54) is 121 Å². The van der Waals surface area contributed by atoms with Gasteiger partial charge in [0.05, 0.1) is 17.7 Å². The number of carboxylic acids is 2. The molecule has 0 aliphatic rings. The molecule has 0 radical (unpaired) electrons. The molecule has 1 aromatic rings. The van der Waals surface area contributed by atoms with E-state index in [-0.39, 0.29) is 17.1 Å². The van der Waals surface area contributed by atoms with Gasteiger partial charge in [0.2, 0.25) is 0 Å². The Labute approximate surface area is 218 Å². The fraction of sp³-hybridized carbons (Fsp3) is 0.700. The molecule has 2 N–H and O–H groups in total. The van der Waals surface area contributed by atoms with Crippen LogP contribution in [-0.2, 0) is 9.53 Å². The first-order valence-corrected chi connectivity index (χ1v) is 14.1. The second-order valence-corrected chi connectivity index (χ2v) is 9.43. The Morgan fingerprint density at radius 1 is 0.583 bits per heavy atom. The third kappa shape index (κ3) is 19.9. The largest absolute Gasteiger partial charge is 0.478 e. The van der Waals surface area contributed by atoms with Crippen LogP contribution >= 0.6 is 0 Å². The molecule has 36 heavy (non-hydrogen) atoms. The predicted molar refractivity (Wildman–Crippen MR) is 146 cm³/mol. The van der Waals surface area contributed by atoms with Crippen molar-refractivity contribution in [2.45, 2.75) is 129 Å². The van der Waals surface area contributed by atoms with Crippen molar-refractivity contribution in [3.05, 3.63) is 35.4 Å². The molecule has 0 unspecified atom stereocenters. The topological polar surface area (TPSA) is 101 Å². The summed E-state index contributed by atoms with van der Waals surface area (Å²) in [6.45, 7) is 5.14. The number of aromatic carboxylic acids is 2. The molecule has 0 fully saturated rings. The van der Waals surface area contributed by atoms with Crippen LogP contribution in [0.2, 0.25) is 0 Å². The first-order valence-electron chi connectivity index (χ1n) is 14.1. The fourth-order valence-corrected chi connectivity index (χ4v) is 3.93. The van der Waals surface area contributed by atoms with Crippen molar-refractivity contribution in [3.8, 4) is 0 Å². The molecule has 6 heteroatoms. The van der Waals surface area contributed by atoms with E-state index in [0.717, 1.165) is 12.8 Å². The van der Waals surface area contributed by atoms with Crippen LogP contribution in [0.5, 0.6) is 0 Å². The molecular weight excluding hydrogens is 456 g/mol. The normalized spacial score (nSPS) is 10.4. The Morgan fingerprint density at radius 2 is 0.944 bits per heavy atom. The van der Waals surface area contributed by atoms with Crippen LogP contribution in [0.3, 0.4) is 0 Å². The van der Waals surface area contributed by atoms with E-state index in [2.05, 4.69) is 13.8 Å². The Morgan fingerprint density at radius 3 is 1.33 bits per heavy atom. The smallest absolute Gasteiger partial charge is 0.336 e. The monoisotopic (exact) mass is 506 g/mol. The minimum absolute atomic E-state index is 0.0147. The Hall–Kier alpha value is -2.37. The maximum Gasteiger partial charge on any atom is 0.336 e. The zero-order valence-electron chi connectivity index (χ0n) is 22.8. The van der Waals surface area contributed by atoms with E-state index < -0.39 is 11.9 Å². The molecule has 0 atom stereocenters. The maximum absolute atomic E-state index is 11.6. The lowest BCUT2D eigenvalue weighted by Crippen LogP contribution is -2.06. The highest BCUT2D eigenvalue weighted by atomic mass is 16.5. The molecule has 0 aliphatic carbocycles. The second kappa shape index (κ2) is 24.3. The standard InChI is InChI=1S/C22H44O2.C8H6O4/c1-3-5-7-9-11-13-14-16-18-20-22(23)24-21-19-17-15-12-10-8-6-4-2;9-7(10)5-3-1-2-4-6(5)8(11)12/h3-21H2,1-2H3;1-4H,(H,9,10)(H,11,12). The lowest BCUT2D eigenvalue weighted by molar-refractivity contribution is -0.143. The Balaban J connectivity index is 0.000000846. The number of ether oxygens (including phenoxy) is 1. The molecule has 0 saturated carbocycles. The zero-order valence-corrected chi connectivity index (χ0v) is 22.8. The number of hydrogen-bond acceptors (Lipinski definition) is 4. The number of benzene rings is 1. The van der Waals surface area contributed by atoms with Crippen LogP contribution in [-0.4, -0.2) is 34.7 Å². The molecule has 6 nitrogen and oxygen atoms in total. The number of carboxylic acid groups (broad SMARTS) is 2. The average molecular weight is 507 g/mol. The third-order valence-corrected chi connectivity index (χ3v) is 6.13. The van der Waals surface area contributed by atoms with Crippen molar-refractivity contribution in [3.63, 3.8) is 0 Å². The lowest BCUT2D eigenvalue weighted by Gasteiger charge is -2.05. The van der Waals surface area contributed by atoms with Gasteiger partial charge >= 0.3 is 17.9 Å². The quantitative estimate of drug-likeness (QED) is 0.128. The third-order valence-electron chi connectivity index (χ3n) is 6.13. The molecule has 0 spiro atoms. The number of carbonyl (C=O) groups is 3. The average Bonchev–Trinajstić information content (AvgIpc) is 2.87. The number of esters is 1. The van der Waals surface area contributed by atoms with E-state index >= 15 is 0 Å². The number of rotatable bonds is 21. The zero-order chi connectivity index (χ0) is 26.9. The molecule has 0 bridgehead atoms. The highest BCUT2D eigenvalue weighted by Gasteiger charge is 2.13. The SMILES string of the molecule is CCCCCCCCCCCC(=O)OCCCCCCCCCC.O=C(O)c1ccccc1C(=O)O. The van der Waals surface area contributed by atoms with E-state index in [1.807, 2.05) is 0 Å². The van der Waals surface area contributed by atoms with Gasteiger partial charge < -0.3 is 14.9 Å². The van der Waals surface area contributed by atoms with Crippen molar-refractivity contribution < 1.29 is 29.3 Å². The summed E-state index contributed by atoms with van der Waals surface area (Å²) < 4.78 is 5.32. The summed E-state index contributed by atoms with van der Waals surface area (Å²) in [6, 6.07) is 5.48. The first-order chi connectivity index (χ1) is 17.4. The van der Waals surface area contributed by atoms with Crippen molar-refractivity contribution in [1.29, 1.82) is 0 Å². The molecule has 1 rings (SSSR count). The van der Waals surface area contributed by atoms with E-state index in [1.54, 1.807) is 0 Å². The van der Waals surface area contributed by atoms with Crippen LogP contribution in [0.15, 0.2) is 24.3 Å². The number of carbonyl (C=O) groups excluding carboxylic acids is 1. The van der Waals surface area contributed by atoms with Crippen molar-refractivity contribution in [2.75, 3.05) is 6.61 Å². The second-order valence-electron chi connectivity index (χ2n) is 9.43. The molecule has 0 amide bonds. The highest BCUT2D eigenvalue weighted by molar-refractivity contribution is 6.01. The fourth-order valence-electron chi connectivity index (χ4n) is 3.93. The summed E-state index contributed by atoms with van der Waals surface area (Å²) >= 11 is 0. The van der Waals surface area contributed by atoms with Crippen molar-refractivity contribution >= 4 is 17.9 Å². The van der Waals surface area contributed by atoms with E-state index in [4.69, 9.17) is 14.9 Å². The lowest BCUT2D eigenvalue weighted by atomic mass is 10.1. The molecule has 0 heterocycles. The van der Waals surface area contributed by atoms with Gasteiger partial charge in [-0.15, -0.1) is 0 Å². The molecule has 0 saturated heterocycles. The molecule has 1 aromatic carbocycles. The van der Waals surface area contributed by atoms with Gasteiger partial charge in [0.15, 0.2) is 0 Å². The summed E-state index contributed by atoms with van der Waals surface area (Å²) in [7, 11) is 0. The molecule has 206 valence electrons. The van der Waals surface area contributed by atoms with Crippen LogP contribution in [0.25, 0.3) is 0 Å². The molecule has 0 aliphatic heterocycles. The van der Waals surface area contributed by atoms with Gasteiger partial charge in [0, 0.05) is 6.42 Å². The minimum Gasteiger partial charge on any atom is -0.478 e. The Bertz CT molecular complexity index is 643. The van der Waals surface area contributed by atoms with Gasteiger partial charge in [-0.25, -0.2) is 9.59 Å². The van der Waals surface area contributed by atoms with Gasteiger partial charge in [-0.1, -0.05) is 122 Å². The van der Waals surface area contributed by atoms with Gasteiger partial charge in [-0.05, 0) is 25.0 Å². The van der Waals surface area contributed by atoms with Crippen LogP contribution in [0, 0.1) is 0 Å². The summed E-state index contributed by atoms with van der Waals surface area (Å²) in [5.74, 6) is -2.44. The Kier molecular flexibility index (Phi) is 22.7. The molecule has 0 aromatic heterocycles. The van der Waals surface area contributed by atoms with Gasteiger partial charge in [0.25, 0.3) is 0 Å². The van der Waals surface area contributed by atoms with Crippen molar-refractivity contribution in [1.82, 2.24) is 0 Å². The summed E-state index contributed by atoms with van der Waals surface area (Å²) in [5, 5.41) is 17.1. The summed E-state index contributed by atoms with van der Waals surface area (Å²) in [5.41, 5.74) is -0.380. The van der Waals surface area contributed by atoms with Crippen LogP contribution in [0.1, 0.15) is 150 Å². The summed E-state index contributed by atoms with van der Waals surface area (Å²) in [6.07, 6.45) is 22.6. The predicted octanol–water partition coefficient (Wildman–Crippen LogP) is 8.67.